The molecule has 0 unspecified atom stereocenters. The van der Waals surface area contributed by atoms with E-state index in [9.17, 15) is 4.79 Å². The van der Waals surface area contributed by atoms with E-state index in [1.807, 2.05) is 6.07 Å². The molecule has 0 saturated heterocycles. The largest absolute Gasteiger partial charge is 0.478 e. The van der Waals surface area contributed by atoms with Gasteiger partial charge in [0.15, 0.2) is 0 Å². The van der Waals surface area contributed by atoms with Crippen molar-refractivity contribution in [2.45, 2.75) is 0 Å². The summed E-state index contributed by atoms with van der Waals surface area (Å²) in [4.78, 5) is 10.9. The van der Waals surface area contributed by atoms with E-state index in [1.54, 1.807) is 18.2 Å². The molecule has 2 aromatic rings. The summed E-state index contributed by atoms with van der Waals surface area (Å²) in [7, 11) is 0. The summed E-state index contributed by atoms with van der Waals surface area (Å²) >= 11 is 9.30. The molecular weight excluding hydrogens is 346 g/mol. The lowest BCUT2D eigenvalue weighted by atomic mass is 10.1. The second-order valence-corrected chi connectivity index (χ2v) is 5.13. The van der Waals surface area contributed by atoms with Crippen molar-refractivity contribution < 1.29 is 14.6 Å². The molecule has 0 aliphatic rings. The molecule has 100 valence electrons. The van der Waals surface area contributed by atoms with E-state index >= 15 is 0 Å². The number of carboxylic acid groups (broad SMARTS) is 1. The van der Waals surface area contributed by atoms with Gasteiger partial charge in [0.25, 0.3) is 0 Å². The topological polar surface area (TPSA) is 70.3 Å². The molecule has 0 atom stereocenters. The zero-order chi connectivity index (χ0) is 14.7. The molecule has 0 heterocycles. The summed E-state index contributed by atoms with van der Waals surface area (Å²) in [5, 5.41) is 18.3. The molecule has 0 aliphatic heterocycles. The third-order valence-electron chi connectivity index (χ3n) is 2.46. The number of rotatable bonds is 3. The van der Waals surface area contributed by atoms with E-state index in [0.29, 0.717) is 10.8 Å². The van der Waals surface area contributed by atoms with Crippen molar-refractivity contribution in [2.24, 2.45) is 0 Å². The van der Waals surface area contributed by atoms with Crippen LogP contribution in [0.5, 0.6) is 11.5 Å². The molecule has 1 N–H and O–H groups in total. The Kier molecular flexibility index (Phi) is 4.28. The lowest BCUT2D eigenvalue weighted by Crippen LogP contribution is -1.98. The Morgan fingerprint density at radius 3 is 2.65 bits per heavy atom. The number of carboxylic acids is 1. The summed E-state index contributed by atoms with van der Waals surface area (Å²) in [6, 6.07) is 11.0. The van der Waals surface area contributed by atoms with Gasteiger partial charge in [-0.3, -0.25) is 0 Å². The van der Waals surface area contributed by atoms with Crippen LogP contribution >= 0.6 is 27.5 Å². The van der Waals surface area contributed by atoms with Crippen molar-refractivity contribution >= 4 is 33.5 Å². The van der Waals surface area contributed by atoms with Crippen LogP contribution < -0.4 is 4.74 Å². The molecule has 0 aromatic heterocycles. The van der Waals surface area contributed by atoms with Gasteiger partial charge in [-0.05, 0) is 36.4 Å². The van der Waals surface area contributed by atoms with E-state index in [-0.39, 0.29) is 16.9 Å². The number of nitrogens with zero attached hydrogens (tertiary/aromatic N) is 1. The fourth-order valence-electron chi connectivity index (χ4n) is 1.51. The first-order valence-corrected chi connectivity index (χ1v) is 6.58. The van der Waals surface area contributed by atoms with Gasteiger partial charge in [0, 0.05) is 4.47 Å². The molecular formula is C14H7BrClNO3. The highest BCUT2D eigenvalue weighted by atomic mass is 79.9. The number of aromatic carboxylic acids is 1. The SMILES string of the molecule is N#Cc1cc(C(=O)O)ccc1Oc1cc(Br)ccc1Cl. The quantitative estimate of drug-likeness (QED) is 0.885. The first-order valence-electron chi connectivity index (χ1n) is 5.41. The maximum Gasteiger partial charge on any atom is 0.335 e. The minimum Gasteiger partial charge on any atom is -0.478 e. The average molecular weight is 353 g/mol. The maximum absolute atomic E-state index is 10.9. The van der Waals surface area contributed by atoms with Gasteiger partial charge in [-0.1, -0.05) is 27.5 Å². The third kappa shape index (κ3) is 3.10. The second-order valence-electron chi connectivity index (χ2n) is 3.80. The van der Waals surface area contributed by atoms with Crippen LogP contribution in [0.25, 0.3) is 0 Å². The van der Waals surface area contributed by atoms with Gasteiger partial charge in [-0.15, -0.1) is 0 Å². The number of hydrogen-bond acceptors (Lipinski definition) is 3. The molecule has 0 bridgehead atoms. The van der Waals surface area contributed by atoms with E-state index in [2.05, 4.69) is 15.9 Å². The van der Waals surface area contributed by atoms with Crippen LogP contribution in [0.3, 0.4) is 0 Å². The smallest absolute Gasteiger partial charge is 0.335 e. The lowest BCUT2D eigenvalue weighted by Gasteiger charge is -2.09. The van der Waals surface area contributed by atoms with Crippen molar-refractivity contribution in [1.29, 1.82) is 5.26 Å². The molecule has 2 aromatic carbocycles. The van der Waals surface area contributed by atoms with Crippen molar-refractivity contribution in [3.63, 3.8) is 0 Å². The normalized spacial score (nSPS) is 9.85. The highest BCUT2D eigenvalue weighted by Gasteiger charge is 2.11. The molecule has 2 rings (SSSR count). The standard InChI is InChI=1S/C14H7BrClNO3/c15-10-2-3-11(16)13(6-10)20-12-4-1-8(14(18)19)5-9(12)7-17/h1-6H,(H,18,19). The van der Waals surface area contributed by atoms with E-state index in [1.165, 1.54) is 18.2 Å². The number of nitriles is 1. The Morgan fingerprint density at radius 2 is 2.00 bits per heavy atom. The van der Waals surface area contributed by atoms with Crippen molar-refractivity contribution in [3.8, 4) is 17.6 Å². The molecule has 0 spiro atoms. The fraction of sp³-hybridized carbons (Fsp3) is 0. The van der Waals surface area contributed by atoms with Crippen LogP contribution in [0, 0.1) is 11.3 Å². The van der Waals surface area contributed by atoms with Crippen molar-refractivity contribution in [2.75, 3.05) is 0 Å². The Balaban J connectivity index is 2.41. The van der Waals surface area contributed by atoms with Gasteiger partial charge < -0.3 is 9.84 Å². The van der Waals surface area contributed by atoms with Gasteiger partial charge >= 0.3 is 5.97 Å². The van der Waals surface area contributed by atoms with E-state index < -0.39 is 5.97 Å². The predicted octanol–water partition coefficient (Wildman–Crippen LogP) is 4.46. The zero-order valence-corrected chi connectivity index (χ0v) is 12.3. The molecule has 0 amide bonds. The minimum absolute atomic E-state index is 0.0224. The second kappa shape index (κ2) is 5.95. The van der Waals surface area contributed by atoms with Crippen molar-refractivity contribution in [3.05, 3.63) is 57.0 Å². The maximum atomic E-state index is 10.9. The highest BCUT2D eigenvalue weighted by molar-refractivity contribution is 9.10. The molecule has 6 heteroatoms. The van der Waals surface area contributed by atoms with Crippen LogP contribution in [0.15, 0.2) is 40.9 Å². The van der Waals surface area contributed by atoms with E-state index in [0.717, 1.165) is 4.47 Å². The Bertz CT molecular complexity index is 725. The molecule has 20 heavy (non-hydrogen) atoms. The van der Waals surface area contributed by atoms with Crippen LogP contribution in [0.4, 0.5) is 0 Å². The molecule has 0 radical (unpaired) electrons. The van der Waals surface area contributed by atoms with Crippen LogP contribution in [0.2, 0.25) is 5.02 Å². The number of hydrogen-bond donors (Lipinski definition) is 1. The minimum atomic E-state index is -1.10. The monoisotopic (exact) mass is 351 g/mol. The summed E-state index contributed by atoms with van der Waals surface area (Å²) < 4.78 is 6.34. The third-order valence-corrected chi connectivity index (χ3v) is 3.27. The van der Waals surface area contributed by atoms with Gasteiger partial charge in [-0.2, -0.15) is 5.26 Å². The lowest BCUT2D eigenvalue weighted by molar-refractivity contribution is 0.0697. The Hall–Kier alpha value is -2.03. The zero-order valence-electron chi connectivity index (χ0n) is 9.93. The van der Waals surface area contributed by atoms with Crippen LogP contribution in [0.1, 0.15) is 15.9 Å². The summed E-state index contributed by atoms with van der Waals surface area (Å²) in [6.45, 7) is 0. The fourth-order valence-corrected chi connectivity index (χ4v) is 2.01. The van der Waals surface area contributed by atoms with Crippen LogP contribution in [-0.4, -0.2) is 11.1 Å². The molecule has 0 fully saturated rings. The number of halogens is 2. The average Bonchev–Trinajstić information content (AvgIpc) is 2.43. The van der Waals surface area contributed by atoms with E-state index in [4.69, 9.17) is 26.7 Å². The Labute approximate surface area is 128 Å². The first-order chi connectivity index (χ1) is 9.51. The molecule has 0 aliphatic carbocycles. The van der Waals surface area contributed by atoms with Gasteiger partial charge in [0.05, 0.1) is 16.1 Å². The van der Waals surface area contributed by atoms with Crippen LogP contribution in [-0.2, 0) is 0 Å². The number of carbonyl (C=O) groups is 1. The summed E-state index contributed by atoms with van der Waals surface area (Å²) in [5.41, 5.74) is 0.148. The number of ether oxygens (including phenoxy) is 1. The molecule has 0 saturated carbocycles. The number of benzene rings is 2. The summed E-state index contributed by atoms with van der Waals surface area (Å²) in [5.74, 6) is -0.480. The Morgan fingerprint density at radius 1 is 1.25 bits per heavy atom. The molecule has 4 nitrogen and oxygen atoms in total. The van der Waals surface area contributed by atoms with Gasteiger partial charge in [0.2, 0.25) is 0 Å². The predicted molar refractivity (Wildman–Crippen MR) is 77.3 cm³/mol. The first kappa shape index (κ1) is 14.4. The van der Waals surface area contributed by atoms with Crippen molar-refractivity contribution in [1.82, 2.24) is 0 Å². The van der Waals surface area contributed by atoms with Gasteiger partial charge in [0.1, 0.15) is 17.6 Å². The van der Waals surface area contributed by atoms with Gasteiger partial charge in [-0.25, -0.2) is 4.79 Å². The highest BCUT2D eigenvalue weighted by Crippen LogP contribution is 2.33. The summed E-state index contributed by atoms with van der Waals surface area (Å²) in [6.07, 6.45) is 0.